The number of ketones is 1. The molecule has 4 fully saturated rings. The summed E-state index contributed by atoms with van der Waals surface area (Å²) in [6, 6.07) is 0.142. The Labute approximate surface area is 255 Å². The third-order valence-corrected chi connectivity index (χ3v) is 14.2. The second-order valence-electron chi connectivity index (χ2n) is 17.3. The highest BCUT2D eigenvalue weighted by Gasteiger charge is 2.70. The molecule has 0 bridgehead atoms. The summed E-state index contributed by atoms with van der Waals surface area (Å²) < 4.78 is 0. The molecule has 0 aromatic rings. The van der Waals surface area contributed by atoms with Gasteiger partial charge in [-0.2, -0.15) is 0 Å². The number of rotatable bonds is 4. The largest absolute Gasteiger partial charge is 0.353 e. The second kappa shape index (κ2) is 9.91. The Bertz CT molecular complexity index is 1190. The van der Waals surface area contributed by atoms with Crippen LogP contribution in [-0.4, -0.2) is 41.9 Å². The highest BCUT2D eigenvalue weighted by molar-refractivity contribution is 5.95. The molecule has 4 saturated carbocycles. The number of carbonyl (C=O) groups excluding carboxylic acids is 3. The summed E-state index contributed by atoms with van der Waals surface area (Å²) >= 11 is 0. The zero-order chi connectivity index (χ0) is 31.3. The van der Waals surface area contributed by atoms with E-state index in [1.54, 1.807) is 14.0 Å². The van der Waals surface area contributed by atoms with E-state index in [0.29, 0.717) is 11.7 Å². The molecule has 5 aliphatic carbocycles. The number of amides is 2. The van der Waals surface area contributed by atoms with E-state index < -0.39 is 5.41 Å². The second-order valence-corrected chi connectivity index (χ2v) is 17.3. The molecule has 0 heterocycles. The molecule has 0 aromatic carbocycles. The molecule has 5 aliphatic rings. The maximum atomic E-state index is 14.6. The molecule has 1 N–H and O–H groups in total. The number of allylic oxidation sites excluding steroid dienone is 2. The zero-order valence-electron chi connectivity index (χ0n) is 28.4. The molecule has 0 spiro atoms. The van der Waals surface area contributed by atoms with Gasteiger partial charge in [0, 0.05) is 31.3 Å². The number of fused-ring (bicyclic) bond motifs is 7. The lowest BCUT2D eigenvalue weighted by molar-refractivity contribution is -0.206. The number of nitrogens with one attached hydrogen (secondary N) is 1. The molecule has 42 heavy (non-hydrogen) atoms. The quantitative estimate of drug-likeness (QED) is 0.354. The van der Waals surface area contributed by atoms with E-state index in [2.05, 4.69) is 59.9 Å². The van der Waals surface area contributed by atoms with Gasteiger partial charge in [-0.05, 0) is 117 Å². The van der Waals surface area contributed by atoms with Crippen LogP contribution in [0.4, 0.5) is 0 Å². The number of carbonyl (C=O) groups is 3. The van der Waals surface area contributed by atoms with Crippen LogP contribution in [-0.2, 0) is 19.2 Å². The Hall–Kier alpha value is -1.69. The first-order valence-corrected chi connectivity index (χ1v) is 16.7. The normalized spacial score (nSPS) is 46.0. The summed E-state index contributed by atoms with van der Waals surface area (Å²) in [4.78, 5) is 46.3. The van der Waals surface area contributed by atoms with Crippen molar-refractivity contribution in [2.45, 2.75) is 139 Å². The van der Waals surface area contributed by atoms with Gasteiger partial charge in [0.15, 0.2) is 5.78 Å². The first kappa shape index (κ1) is 31.7. The molecule has 2 amide bonds. The zero-order valence-corrected chi connectivity index (χ0v) is 28.4. The maximum absolute atomic E-state index is 14.6. The van der Waals surface area contributed by atoms with Crippen molar-refractivity contribution in [1.29, 1.82) is 0 Å². The van der Waals surface area contributed by atoms with Gasteiger partial charge in [0.25, 0.3) is 5.91 Å². The first-order valence-electron chi connectivity index (χ1n) is 16.7. The number of hydrogen-bond donors (Lipinski definition) is 1. The van der Waals surface area contributed by atoms with Crippen molar-refractivity contribution in [1.82, 2.24) is 10.4 Å². The molecule has 0 aromatic heterocycles. The van der Waals surface area contributed by atoms with Crippen molar-refractivity contribution < 1.29 is 19.2 Å². The predicted molar refractivity (Wildman–Crippen MR) is 166 cm³/mol. The molecule has 0 saturated heterocycles. The van der Waals surface area contributed by atoms with Crippen LogP contribution < -0.4 is 5.32 Å². The lowest BCUT2D eigenvalue weighted by Crippen LogP contribution is -2.67. The Balaban J connectivity index is 1.53. The van der Waals surface area contributed by atoms with Gasteiger partial charge in [-0.1, -0.05) is 54.0 Å². The molecule has 6 heteroatoms. The van der Waals surface area contributed by atoms with E-state index in [4.69, 9.17) is 4.84 Å². The first-order chi connectivity index (χ1) is 19.2. The number of nitrogens with zero attached hydrogens (tertiary/aromatic N) is 1. The van der Waals surface area contributed by atoms with Crippen molar-refractivity contribution in [3.8, 4) is 0 Å². The SMILES string of the molecule is CC(=O)N[C@H]1CC[C@@]2(C)C(CC[C@]3(C)[C@@H]2C(=O)C=C2[C@@H]4C[C@@](C)(C(=O)N(C)OC(C)C)CC[C@]4(C)CC[C@]23C)C1(C)C. The van der Waals surface area contributed by atoms with Crippen molar-refractivity contribution in [2.75, 3.05) is 7.05 Å². The maximum Gasteiger partial charge on any atom is 0.251 e. The van der Waals surface area contributed by atoms with Gasteiger partial charge >= 0.3 is 0 Å². The van der Waals surface area contributed by atoms with Gasteiger partial charge in [-0.3, -0.25) is 19.2 Å². The number of hydrogen-bond acceptors (Lipinski definition) is 4. The molecule has 6 nitrogen and oxygen atoms in total. The molecule has 236 valence electrons. The van der Waals surface area contributed by atoms with E-state index in [0.717, 1.165) is 57.8 Å². The van der Waals surface area contributed by atoms with Crippen LogP contribution in [0.25, 0.3) is 0 Å². The van der Waals surface area contributed by atoms with Crippen LogP contribution in [0.5, 0.6) is 0 Å². The van der Waals surface area contributed by atoms with Crippen LogP contribution in [0.2, 0.25) is 0 Å². The highest BCUT2D eigenvalue weighted by atomic mass is 16.7. The summed E-state index contributed by atoms with van der Waals surface area (Å²) in [5.41, 5.74) is 0.528. The Morgan fingerprint density at radius 2 is 1.60 bits per heavy atom. The van der Waals surface area contributed by atoms with Gasteiger partial charge in [0.2, 0.25) is 5.91 Å². The summed E-state index contributed by atoms with van der Waals surface area (Å²) in [5, 5.41) is 4.73. The summed E-state index contributed by atoms with van der Waals surface area (Å²) in [7, 11) is 1.75. The Kier molecular flexibility index (Phi) is 7.48. The molecule has 1 unspecified atom stereocenters. The van der Waals surface area contributed by atoms with Crippen molar-refractivity contribution in [3.05, 3.63) is 11.6 Å². The predicted octanol–water partition coefficient (Wildman–Crippen LogP) is 7.27. The summed E-state index contributed by atoms with van der Waals surface area (Å²) in [5.74, 6) is 0.971. The summed E-state index contributed by atoms with van der Waals surface area (Å²) in [6.45, 7) is 22.0. The van der Waals surface area contributed by atoms with Crippen molar-refractivity contribution in [2.24, 2.45) is 50.2 Å². The third-order valence-electron chi connectivity index (χ3n) is 14.2. The molecule has 0 aliphatic heterocycles. The lowest BCUT2D eigenvalue weighted by atomic mass is 9.33. The molecule has 9 atom stereocenters. The van der Waals surface area contributed by atoms with Crippen LogP contribution in [0.3, 0.4) is 0 Å². The van der Waals surface area contributed by atoms with Gasteiger partial charge in [0.05, 0.1) is 6.10 Å². The molecule has 5 rings (SSSR count). The standard InChI is InChI=1S/C36H58N2O4/c1-22(2)42-38(11)30(41)33(7)17-16-32(6)18-19-35(9)24(25(32)21-33)20-26(40)29-34(8)14-13-28(37-23(3)39)31(4,5)27(34)12-15-36(29,35)10/h20,22,25,27-29H,12-19,21H2,1-11H3,(H,37,39)/t25-,27?,28-,29+,32+,33-,34-,35+,36+/m0/s1. The average Bonchev–Trinajstić information content (AvgIpc) is 2.87. The summed E-state index contributed by atoms with van der Waals surface area (Å²) in [6.07, 6.45) is 10.9. The fourth-order valence-electron chi connectivity index (χ4n) is 11.6. The van der Waals surface area contributed by atoms with E-state index in [9.17, 15) is 14.4 Å². The minimum absolute atomic E-state index is 0.0263. The van der Waals surface area contributed by atoms with Gasteiger partial charge in [-0.25, -0.2) is 5.06 Å². The molecule has 0 radical (unpaired) electrons. The van der Waals surface area contributed by atoms with Crippen LogP contribution in [0.15, 0.2) is 11.6 Å². The van der Waals surface area contributed by atoms with Crippen LogP contribution in [0, 0.1) is 50.2 Å². The highest BCUT2D eigenvalue weighted by Crippen LogP contribution is 2.75. The fourth-order valence-corrected chi connectivity index (χ4v) is 11.6. The van der Waals surface area contributed by atoms with Gasteiger partial charge in [-0.15, -0.1) is 0 Å². The number of hydroxylamine groups is 2. The third kappa shape index (κ3) is 4.38. The van der Waals surface area contributed by atoms with Crippen molar-refractivity contribution >= 4 is 17.6 Å². The topological polar surface area (TPSA) is 75.7 Å². The Morgan fingerprint density at radius 1 is 0.952 bits per heavy atom. The van der Waals surface area contributed by atoms with E-state index >= 15 is 0 Å². The smallest absolute Gasteiger partial charge is 0.251 e. The minimum atomic E-state index is -0.510. The van der Waals surface area contributed by atoms with E-state index in [-0.39, 0.29) is 62.9 Å². The lowest BCUT2D eigenvalue weighted by Gasteiger charge is -2.70. The fraction of sp³-hybridized carbons (Fsp3) is 0.861. The van der Waals surface area contributed by atoms with Gasteiger partial charge < -0.3 is 5.32 Å². The average molecular weight is 583 g/mol. The van der Waals surface area contributed by atoms with Crippen LogP contribution >= 0.6 is 0 Å². The molecular weight excluding hydrogens is 524 g/mol. The van der Waals surface area contributed by atoms with Gasteiger partial charge in [0.1, 0.15) is 0 Å². The monoisotopic (exact) mass is 582 g/mol. The van der Waals surface area contributed by atoms with E-state index in [1.165, 1.54) is 10.6 Å². The molecular formula is C36H58N2O4. The Morgan fingerprint density at radius 3 is 2.21 bits per heavy atom. The minimum Gasteiger partial charge on any atom is -0.353 e. The van der Waals surface area contributed by atoms with E-state index in [1.807, 2.05) is 13.8 Å². The van der Waals surface area contributed by atoms with Crippen molar-refractivity contribution in [3.63, 3.8) is 0 Å². The van der Waals surface area contributed by atoms with Crippen LogP contribution in [0.1, 0.15) is 127 Å².